The summed E-state index contributed by atoms with van der Waals surface area (Å²) >= 11 is 0. The third-order valence-electron chi connectivity index (χ3n) is 4.18. The molecule has 1 aliphatic heterocycles. The van der Waals surface area contributed by atoms with E-state index in [2.05, 4.69) is 54.6 Å². The first-order valence-corrected chi connectivity index (χ1v) is 8.20. The number of hydrogen-bond acceptors (Lipinski definition) is 2. The summed E-state index contributed by atoms with van der Waals surface area (Å²) in [6.07, 6.45) is 4.82. The second-order valence-electron chi connectivity index (χ2n) is 6.09. The maximum atomic E-state index is 11.3. The Hall–Kier alpha value is -2.19. The van der Waals surface area contributed by atoms with Gasteiger partial charge in [-0.1, -0.05) is 60.7 Å². The lowest BCUT2D eigenvalue weighted by Crippen LogP contribution is -2.12. The van der Waals surface area contributed by atoms with E-state index in [9.17, 15) is 4.79 Å². The molecule has 0 bridgehead atoms. The first-order valence-electron chi connectivity index (χ1n) is 8.20. The van der Waals surface area contributed by atoms with Crippen molar-refractivity contribution in [1.29, 1.82) is 0 Å². The van der Waals surface area contributed by atoms with Crippen molar-refractivity contribution in [3.63, 3.8) is 0 Å². The molecular weight excluding hydrogens is 284 g/mol. The number of benzene rings is 2. The lowest BCUT2D eigenvalue weighted by molar-refractivity contribution is -0.119. The Labute approximate surface area is 137 Å². The lowest BCUT2D eigenvalue weighted by Gasteiger charge is -2.13. The highest BCUT2D eigenvalue weighted by molar-refractivity contribution is 5.80. The molecule has 2 aromatic rings. The van der Waals surface area contributed by atoms with Gasteiger partial charge in [-0.3, -0.25) is 4.79 Å². The van der Waals surface area contributed by atoms with E-state index in [1.807, 2.05) is 12.1 Å². The zero-order valence-electron chi connectivity index (χ0n) is 13.4. The Morgan fingerprint density at radius 3 is 2.09 bits per heavy atom. The average molecular weight is 306 g/mol. The normalized spacial score (nSPS) is 20.2. The average Bonchev–Trinajstić information content (AvgIpc) is 3.00. The van der Waals surface area contributed by atoms with Gasteiger partial charge in [0.25, 0.3) is 0 Å². The first kappa shape index (κ1) is 15.7. The molecule has 3 rings (SSSR count). The van der Waals surface area contributed by atoms with Crippen LogP contribution in [0.4, 0.5) is 0 Å². The van der Waals surface area contributed by atoms with Crippen LogP contribution in [0.5, 0.6) is 0 Å². The number of ketones is 1. The largest absolute Gasteiger partial charge is 0.370 e. The zero-order chi connectivity index (χ0) is 16.1. The number of carbonyl (C=O) groups is 1. The Morgan fingerprint density at radius 1 is 1.00 bits per heavy atom. The molecule has 2 heteroatoms. The van der Waals surface area contributed by atoms with Gasteiger partial charge in [0.05, 0.1) is 12.2 Å². The predicted molar refractivity (Wildman–Crippen MR) is 93.2 cm³/mol. The van der Waals surface area contributed by atoms with Crippen LogP contribution in [-0.4, -0.2) is 18.0 Å². The molecule has 1 saturated heterocycles. The molecule has 23 heavy (non-hydrogen) atoms. The van der Waals surface area contributed by atoms with Gasteiger partial charge in [0, 0.05) is 6.42 Å². The Morgan fingerprint density at radius 2 is 1.57 bits per heavy atom. The highest BCUT2D eigenvalue weighted by Gasteiger charge is 2.25. The number of carbonyl (C=O) groups excluding carboxylic acids is 1. The van der Waals surface area contributed by atoms with Crippen molar-refractivity contribution in [3.8, 4) is 0 Å². The summed E-state index contributed by atoms with van der Waals surface area (Å²) in [4.78, 5) is 11.3. The van der Waals surface area contributed by atoms with Crippen molar-refractivity contribution >= 4 is 11.4 Å². The van der Waals surface area contributed by atoms with E-state index in [-0.39, 0.29) is 18.0 Å². The van der Waals surface area contributed by atoms with E-state index in [0.29, 0.717) is 6.42 Å². The molecule has 1 fully saturated rings. The predicted octanol–water partition coefficient (Wildman–Crippen LogP) is 4.65. The maximum Gasteiger partial charge on any atom is 0.132 e. The monoisotopic (exact) mass is 306 g/mol. The zero-order valence-corrected chi connectivity index (χ0v) is 13.4. The van der Waals surface area contributed by atoms with Crippen molar-refractivity contribution < 1.29 is 9.53 Å². The second kappa shape index (κ2) is 7.38. The fourth-order valence-corrected chi connectivity index (χ4v) is 3.11. The van der Waals surface area contributed by atoms with Gasteiger partial charge >= 0.3 is 0 Å². The van der Waals surface area contributed by atoms with Crippen LogP contribution >= 0.6 is 0 Å². The Bertz CT molecular complexity index is 632. The van der Waals surface area contributed by atoms with Gasteiger partial charge in [-0.05, 0) is 42.5 Å². The lowest BCUT2D eigenvalue weighted by atomic mass is 9.96. The maximum absolute atomic E-state index is 11.3. The van der Waals surface area contributed by atoms with Gasteiger partial charge in [0.15, 0.2) is 0 Å². The second-order valence-corrected chi connectivity index (χ2v) is 6.09. The molecule has 0 amide bonds. The fourth-order valence-electron chi connectivity index (χ4n) is 3.11. The van der Waals surface area contributed by atoms with Gasteiger partial charge in [0.1, 0.15) is 5.78 Å². The Balaban J connectivity index is 1.86. The number of ether oxygens (including phenoxy) is 1. The van der Waals surface area contributed by atoms with Crippen LogP contribution in [0.15, 0.2) is 66.7 Å². The highest BCUT2D eigenvalue weighted by atomic mass is 16.5. The third kappa shape index (κ3) is 4.17. The standard InChI is InChI=1S/C21H22O2/c1-16(22)14-19-12-13-20(23-19)15-21(17-8-4-2-5-9-17)18-10-6-3-7-11-18/h2-11,15,19-20H,12-14H2,1H3/t19-,20-/m1/s1. The summed E-state index contributed by atoms with van der Waals surface area (Å²) in [7, 11) is 0. The Kier molecular flexibility index (Phi) is 5.04. The smallest absolute Gasteiger partial charge is 0.132 e. The molecule has 2 aromatic carbocycles. The fraction of sp³-hybridized carbons (Fsp3) is 0.286. The molecule has 0 N–H and O–H groups in total. The van der Waals surface area contributed by atoms with Gasteiger partial charge in [-0.15, -0.1) is 0 Å². The van der Waals surface area contributed by atoms with Gasteiger partial charge in [-0.25, -0.2) is 0 Å². The molecule has 2 atom stereocenters. The summed E-state index contributed by atoms with van der Waals surface area (Å²) in [5, 5.41) is 0. The number of hydrogen-bond donors (Lipinski definition) is 0. The van der Waals surface area contributed by atoms with E-state index >= 15 is 0 Å². The minimum atomic E-state index is 0.0709. The van der Waals surface area contributed by atoms with Crippen molar-refractivity contribution in [3.05, 3.63) is 77.9 Å². The summed E-state index contributed by atoms with van der Waals surface area (Å²) in [6.45, 7) is 1.63. The van der Waals surface area contributed by atoms with Crippen LogP contribution in [0, 0.1) is 0 Å². The quantitative estimate of drug-likeness (QED) is 0.804. The van der Waals surface area contributed by atoms with E-state index in [1.54, 1.807) is 6.92 Å². The minimum absolute atomic E-state index is 0.0709. The van der Waals surface area contributed by atoms with E-state index in [1.165, 1.54) is 16.7 Å². The van der Waals surface area contributed by atoms with Crippen LogP contribution in [0.1, 0.15) is 37.3 Å². The van der Waals surface area contributed by atoms with Gasteiger partial charge < -0.3 is 4.74 Å². The highest BCUT2D eigenvalue weighted by Crippen LogP contribution is 2.29. The molecule has 1 aliphatic rings. The molecule has 0 spiro atoms. The summed E-state index contributed by atoms with van der Waals surface area (Å²) in [6, 6.07) is 20.8. The third-order valence-corrected chi connectivity index (χ3v) is 4.18. The molecule has 1 heterocycles. The van der Waals surface area contributed by atoms with Crippen LogP contribution in [0.2, 0.25) is 0 Å². The first-order chi connectivity index (χ1) is 11.2. The number of rotatable bonds is 5. The van der Waals surface area contributed by atoms with Crippen LogP contribution < -0.4 is 0 Å². The van der Waals surface area contributed by atoms with Gasteiger partial charge in [-0.2, -0.15) is 0 Å². The summed E-state index contributed by atoms with van der Waals surface area (Å²) in [5.41, 5.74) is 3.58. The van der Waals surface area contributed by atoms with Crippen molar-refractivity contribution in [2.24, 2.45) is 0 Å². The molecule has 0 aliphatic carbocycles. The van der Waals surface area contributed by atoms with Crippen molar-refractivity contribution in [2.75, 3.05) is 0 Å². The molecule has 2 nitrogen and oxygen atoms in total. The number of Topliss-reactive ketones (excluding diaryl/α,β-unsaturated/α-hetero) is 1. The van der Waals surface area contributed by atoms with Crippen molar-refractivity contribution in [2.45, 2.75) is 38.4 Å². The topological polar surface area (TPSA) is 26.3 Å². The SMILES string of the molecule is CC(=O)C[C@H]1CC[C@H](C=C(c2ccccc2)c2ccccc2)O1. The molecule has 0 unspecified atom stereocenters. The van der Waals surface area contributed by atoms with Crippen molar-refractivity contribution in [1.82, 2.24) is 0 Å². The van der Waals surface area contributed by atoms with Crippen LogP contribution in [0.25, 0.3) is 5.57 Å². The summed E-state index contributed by atoms with van der Waals surface area (Å²) in [5.74, 6) is 0.200. The van der Waals surface area contributed by atoms with Crippen LogP contribution in [0.3, 0.4) is 0 Å². The minimum Gasteiger partial charge on any atom is -0.370 e. The van der Waals surface area contributed by atoms with E-state index < -0.39 is 0 Å². The molecule has 0 saturated carbocycles. The molecule has 118 valence electrons. The van der Waals surface area contributed by atoms with Gasteiger partial charge in [0.2, 0.25) is 0 Å². The molecular formula is C21H22O2. The van der Waals surface area contributed by atoms with Crippen LogP contribution in [-0.2, 0) is 9.53 Å². The summed E-state index contributed by atoms with van der Waals surface area (Å²) < 4.78 is 6.05. The van der Waals surface area contributed by atoms with E-state index in [0.717, 1.165) is 12.8 Å². The van der Waals surface area contributed by atoms with E-state index in [4.69, 9.17) is 4.74 Å². The molecule has 0 aromatic heterocycles. The molecule has 0 radical (unpaired) electrons.